The first-order chi connectivity index (χ1) is 9.78. The Balaban J connectivity index is 2.04. The smallest absolute Gasteiger partial charge is 0.352 e. The highest BCUT2D eigenvalue weighted by atomic mass is 19.4. The Labute approximate surface area is 120 Å². The van der Waals surface area contributed by atoms with E-state index in [4.69, 9.17) is 0 Å². The molecule has 0 aromatic carbocycles. The topological polar surface area (TPSA) is 32.3 Å². The summed E-state index contributed by atoms with van der Waals surface area (Å²) in [5.74, 6) is -0.365. The number of rotatable bonds is 3. The van der Waals surface area contributed by atoms with Crippen LogP contribution in [0, 0.1) is 5.82 Å². The van der Waals surface area contributed by atoms with Crippen LogP contribution in [0.3, 0.4) is 0 Å². The highest BCUT2D eigenvalue weighted by Crippen LogP contribution is 2.24. The molecule has 0 amide bonds. The summed E-state index contributed by atoms with van der Waals surface area (Å²) in [4.78, 5) is 10.9. The molecule has 4 nitrogen and oxygen atoms in total. The molecule has 21 heavy (non-hydrogen) atoms. The number of halogens is 4. The molecule has 118 valence electrons. The van der Waals surface area contributed by atoms with Crippen molar-refractivity contribution >= 4 is 5.82 Å². The molecule has 0 aliphatic carbocycles. The van der Waals surface area contributed by atoms with E-state index in [1.54, 1.807) is 4.90 Å². The molecule has 1 aliphatic rings. The zero-order valence-electron chi connectivity index (χ0n) is 12.0. The number of piperazine rings is 1. The lowest BCUT2D eigenvalue weighted by Crippen LogP contribution is -2.49. The lowest BCUT2D eigenvalue weighted by Gasteiger charge is -2.35. The van der Waals surface area contributed by atoms with Crippen LogP contribution in [0.15, 0.2) is 6.33 Å². The second-order valence-electron chi connectivity index (χ2n) is 5.43. The van der Waals surface area contributed by atoms with Gasteiger partial charge in [-0.1, -0.05) is 13.8 Å². The van der Waals surface area contributed by atoms with Gasteiger partial charge in [0.2, 0.25) is 0 Å². The molecule has 2 rings (SSSR count). The quantitative estimate of drug-likeness (QED) is 0.803. The van der Waals surface area contributed by atoms with Crippen LogP contribution in [-0.2, 0) is 0 Å². The summed E-state index contributed by atoms with van der Waals surface area (Å²) >= 11 is 0. The molecule has 1 aromatic rings. The van der Waals surface area contributed by atoms with Crippen molar-refractivity contribution in [1.82, 2.24) is 14.9 Å². The second kappa shape index (κ2) is 6.13. The van der Waals surface area contributed by atoms with E-state index in [0.29, 0.717) is 18.8 Å². The van der Waals surface area contributed by atoms with Crippen molar-refractivity contribution in [3.8, 4) is 0 Å². The van der Waals surface area contributed by atoms with Crippen LogP contribution < -0.4 is 4.90 Å². The molecular weight excluding hydrogens is 288 g/mol. The van der Waals surface area contributed by atoms with E-state index in [1.165, 1.54) is 11.2 Å². The lowest BCUT2D eigenvalue weighted by molar-refractivity contribution is -0.146. The average molecular weight is 306 g/mol. The van der Waals surface area contributed by atoms with Gasteiger partial charge in [-0.15, -0.1) is 0 Å². The normalized spacial score (nSPS) is 17.6. The fourth-order valence-corrected chi connectivity index (χ4v) is 2.37. The third-order valence-corrected chi connectivity index (χ3v) is 3.42. The van der Waals surface area contributed by atoms with Gasteiger partial charge in [0.1, 0.15) is 6.33 Å². The molecule has 0 atom stereocenters. The minimum absolute atomic E-state index is 0.0710. The predicted octanol–water partition coefficient (Wildman–Crippen LogP) is 2.42. The zero-order chi connectivity index (χ0) is 15.6. The Bertz CT molecular complexity index is 482. The maximum atomic E-state index is 14.3. The van der Waals surface area contributed by atoms with E-state index in [9.17, 15) is 17.6 Å². The fourth-order valence-electron chi connectivity index (χ4n) is 2.37. The first kappa shape index (κ1) is 15.9. The molecule has 0 saturated carbocycles. The molecule has 0 unspecified atom stereocenters. The molecule has 1 aliphatic heterocycles. The van der Waals surface area contributed by atoms with E-state index in [2.05, 4.69) is 9.97 Å². The Hall–Kier alpha value is -1.44. The van der Waals surface area contributed by atoms with Gasteiger partial charge in [-0.2, -0.15) is 13.2 Å². The number of hydrogen-bond acceptors (Lipinski definition) is 4. The van der Waals surface area contributed by atoms with Gasteiger partial charge >= 0.3 is 6.18 Å². The third kappa shape index (κ3) is 4.03. The number of aromatic nitrogens is 2. The van der Waals surface area contributed by atoms with E-state index in [0.717, 1.165) is 0 Å². The molecule has 0 radical (unpaired) electrons. The van der Waals surface area contributed by atoms with Gasteiger partial charge in [0, 0.05) is 26.2 Å². The van der Waals surface area contributed by atoms with E-state index < -0.39 is 18.5 Å². The van der Waals surface area contributed by atoms with Crippen LogP contribution in [0.1, 0.15) is 25.5 Å². The van der Waals surface area contributed by atoms with Crippen LogP contribution in [0.25, 0.3) is 0 Å². The Morgan fingerprint density at radius 1 is 1.14 bits per heavy atom. The van der Waals surface area contributed by atoms with Crippen LogP contribution in [0.2, 0.25) is 0 Å². The van der Waals surface area contributed by atoms with Crippen molar-refractivity contribution < 1.29 is 17.6 Å². The first-order valence-corrected chi connectivity index (χ1v) is 6.82. The molecule has 1 aromatic heterocycles. The minimum atomic E-state index is -4.20. The molecular formula is C13H18F4N4. The van der Waals surface area contributed by atoms with Gasteiger partial charge < -0.3 is 4.90 Å². The Morgan fingerprint density at radius 2 is 1.76 bits per heavy atom. The number of alkyl halides is 3. The molecule has 1 saturated heterocycles. The fraction of sp³-hybridized carbons (Fsp3) is 0.692. The third-order valence-electron chi connectivity index (χ3n) is 3.42. The number of anilines is 1. The summed E-state index contributed by atoms with van der Waals surface area (Å²) in [7, 11) is 0. The highest BCUT2D eigenvalue weighted by Gasteiger charge is 2.32. The zero-order valence-corrected chi connectivity index (χ0v) is 12.0. The van der Waals surface area contributed by atoms with Crippen molar-refractivity contribution in [2.45, 2.75) is 25.9 Å². The van der Waals surface area contributed by atoms with Crippen LogP contribution >= 0.6 is 0 Å². The molecule has 0 spiro atoms. The standard InChI is InChI=1S/C13H18F4N4/c1-9(2)11-10(14)12(19-8-18-11)21-5-3-20(4-6-21)7-13(15,16)17/h8-9H,3-7H2,1-2H3. The summed E-state index contributed by atoms with van der Waals surface area (Å²) in [5, 5.41) is 0. The summed E-state index contributed by atoms with van der Waals surface area (Å²) in [6.07, 6.45) is -2.90. The highest BCUT2D eigenvalue weighted by molar-refractivity contribution is 5.42. The second-order valence-corrected chi connectivity index (χ2v) is 5.43. The van der Waals surface area contributed by atoms with Gasteiger partial charge in [0.15, 0.2) is 11.6 Å². The maximum Gasteiger partial charge on any atom is 0.401 e. The van der Waals surface area contributed by atoms with Gasteiger partial charge in [0.05, 0.1) is 12.2 Å². The van der Waals surface area contributed by atoms with Crippen LogP contribution in [0.5, 0.6) is 0 Å². The maximum absolute atomic E-state index is 14.3. The number of nitrogens with zero attached hydrogens (tertiary/aromatic N) is 4. The van der Waals surface area contributed by atoms with Crippen LogP contribution in [-0.4, -0.2) is 53.8 Å². The molecule has 2 heterocycles. The van der Waals surface area contributed by atoms with E-state index in [1.807, 2.05) is 13.8 Å². The van der Waals surface area contributed by atoms with E-state index >= 15 is 0 Å². The first-order valence-electron chi connectivity index (χ1n) is 6.82. The molecule has 0 N–H and O–H groups in total. The Kier molecular flexibility index (Phi) is 4.65. The minimum Gasteiger partial charge on any atom is -0.352 e. The van der Waals surface area contributed by atoms with Crippen LogP contribution in [0.4, 0.5) is 23.4 Å². The summed E-state index contributed by atoms with van der Waals surface area (Å²) in [6.45, 7) is 3.85. The van der Waals surface area contributed by atoms with Gasteiger partial charge in [-0.25, -0.2) is 14.4 Å². The van der Waals surface area contributed by atoms with Crippen molar-refractivity contribution in [3.63, 3.8) is 0 Å². The van der Waals surface area contributed by atoms with Crippen molar-refractivity contribution in [2.75, 3.05) is 37.6 Å². The number of hydrogen-bond donors (Lipinski definition) is 0. The van der Waals surface area contributed by atoms with Crippen molar-refractivity contribution in [3.05, 3.63) is 17.8 Å². The Morgan fingerprint density at radius 3 is 2.29 bits per heavy atom. The van der Waals surface area contributed by atoms with Crippen molar-refractivity contribution in [1.29, 1.82) is 0 Å². The largest absolute Gasteiger partial charge is 0.401 e. The monoisotopic (exact) mass is 306 g/mol. The van der Waals surface area contributed by atoms with E-state index in [-0.39, 0.29) is 24.8 Å². The van der Waals surface area contributed by atoms with Gasteiger partial charge in [0.25, 0.3) is 0 Å². The van der Waals surface area contributed by atoms with Gasteiger partial charge in [-0.3, -0.25) is 4.90 Å². The summed E-state index contributed by atoms with van der Waals surface area (Å²) in [5.41, 5.74) is 0.331. The SMILES string of the molecule is CC(C)c1ncnc(N2CCN(CC(F)(F)F)CC2)c1F. The lowest BCUT2D eigenvalue weighted by atomic mass is 10.1. The van der Waals surface area contributed by atoms with Crippen molar-refractivity contribution in [2.24, 2.45) is 0 Å². The molecule has 0 bridgehead atoms. The summed E-state index contributed by atoms with van der Waals surface area (Å²) < 4.78 is 51.3. The molecule has 1 fully saturated rings. The predicted molar refractivity (Wildman–Crippen MR) is 70.8 cm³/mol. The summed E-state index contributed by atoms with van der Waals surface area (Å²) in [6, 6.07) is 0. The molecule has 8 heteroatoms. The van der Waals surface area contributed by atoms with Gasteiger partial charge in [-0.05, 0) is 5.92 Å². The average Bonchev–Trinajstić information content (AvgIpc) is 2.38.